The molecule has 2 heterocycles. The molecule has 4 nitrogen and oxygen atoms in total. The number of nitrogens with two attached hydrogens (primary N) is 1. The normalized spacial score (nSPS) is 18.8. The molecule has 104 valence electrons. The van der Waals surface area contributed by atoms with Gasteiger partial charge in [-0.25, -0.2) is 0 Å². The van der Waals surface area contributed by atoms with Gasteiger partial charge in [0.25, 0.3) is 0 Å². The zero-order valence-electron chi connectivity index (χ0n) is 12.1. The largest absolute Gasteiger partial charge is 0.457 e. The van der Waals surface area contributed by atoms with E-state index in [-0.39, 0.29) is 5.41 Å². The van der Waals surface area contributed by atoms with Gasteiger partial charge in [-0.05, 0) is 12.8 Å². The zero-order chi connectivity index (χ0) is 13.6. The minimum Gasteiger partial charge on any atom is -0.457 e. The Morgan fingerprint density at radius 2 is 2.11 bits per heavy atom. The van der Waals surface area contributed by atoms with Gasteiger partial charge < -0.3 is 10.2 Å². The van der Waals surface area contributed by atoms with E-state index in [9.17, 15) is 0 Å². The first-order chi connectivity index (χ1) is 9.07. The molecule has 2 aromatic rings. The highest BCUT2D eigenvalue weighted by Gasteiger charge is 2.39. The van der Waals surface area contributed by atoms with Crippen molar-refractivity contribution in [1.29, 1.82) is 0 Å². The van der Waals surface area contributed by atoms with E-state index in [1.165, 1.54) is 12.8 Å². The highest BCUT2D eigenvalue weighted by atomic mass is 16.3. The summed E-state index contributed by atoms with van der Waals surface area (Å²) in [6.45, 7) is 4.97. The van der Waals surface area contributed by atoms with Crippen molar-refractivity contribution in [3.63, 3.8) is 0 Å². The Labute approximate surface area is 113 Å². The summed E-state index contributed by atoms with van der Waals surface area (Å²) in [4.78, 5) is 0. The lowest BCUT2D eigenvalue weighted by molar-refractivity contribution is 0.424. The van der Waals surface area contributed by atoms with Crippen LogP contribution >= 0.6 is 0 Å². The van der Waals surface area contributed by atoms with Crippen LogP contribution in [0, 0.1) is 0 Å². The van der Waals surface area contributed by atoms with E-state index >= 15 is 0 Å². The highest BCUT2D eigenvalue weighted by molar-refractivity contribution is 5.78. The van der Waals surface area contributed by atoms with Crippen LogP contribution in [0.1, 0.15) is 56.9 Å². The Morgan fingerprint density at radius 3 is 2.68 bits per heavy atom. The van der Waals surface area contributed by atoms with Crippen molar-refractivity contribution in [2.45, 2.75) is 50.9 Å². The molecule has 4 heteroatoms. The van der Waals surface area contributed by atoms with Crippen LogP contribution in [-0.4, -0.2) is 16.3 Å². The summed E-state index contributed by atoms with van der Waals surface area (Å²) in [6.07, 6.45) is 4.75. The molecular formula is C15H23N3O. The molecule has 0 atom stereocenters. The molecule has 1 saturated carbocycles. The van der Waals surface area contributed by atoms with Gasteiger partial charge in [-0.2, -0.15) is 5.10 Å². The highest BCUT2D eigenvalue weighted by Crippen LogP contribution is 2.43. The number of aromatic nitrogens is 2. The maximum Gasteiger partial charge on any atom is 0.176 e. The second-order valence-electron chi connectivity index (χ2n) is 6.18. The Bertz CT molecular complexity index is 588. The maximum absolute atomic E-state index is 6.08. The van der Waals surface area contributed by atoms with Crippen LogP contribution in [0.3, 0.4) is 0 Å². The standard InChI is InChI=1S/C15H23N3O/c1-10(2)12-8-11-13(19-12)14(17-18(11)3)15(9-16)6-4-5-7-15/h8,10H,4-7,9,16H2,1-3H3. The summed E-state index contributed by atoms with van der Waals surface area (Å²) in [7, 11) is 1.99. The number of aryl methyl sites for hydroxylation is 1. The van der Waals surface area contributed by atoms with Gasteiger partial charge in [-0.3, -0.25) is 4.68 Å². The summed E-state index contributed by atoms with van der Waals surface area (Å²) in [5.74, 6) is 1.44. The van der Waals surface area contributed by atoms with Crippen molar-refractivity contribution in [1.82, 2.24) is 9.78 Å². The summed E-state index contributed by atoms with van der Waals surface area (Å²) >= 11 is 0. The topological polar surface area (TPSA) is 57.0 Å². The third-order valence-corrected chi connectivity index (χ3v) is 4.57. The second-order valence-corrected chi connectivity index (χ2v) is 6.18. The lowest BCUT2D eigenvalue weighted by Crippen LogP contribution is -2.32. The first-order valence-electron chi connectivity index (χ1n) is 7.24. The predicted molar refractivity (Wildman–Crippen MR) is 76.3 cm³/mol. The average Bonchev–Trinajstić information content (AvgIpc) is 3.06. The molecule has 1 aliphatic rings. The molecular weight excluding hydrogens is 238 g/mol. The quantitative estimate of drug-likeness (QED) is 0.923. The molecule has 1 aliphatic carbocycles. The minimum absolute atomic E-state index is 0.0333. The first kappa shape index (κ1) is 12.7. The van der Waals surface area contributed by atoms with Gasteiger partial charge >= 0.3 is 0 Å². The molecule has 0 aliphatic heterocycles. The van der Waals surface area contributed by atoms with E-state index < -0.39 is 0 Å². The molecule has 0 spiro atoms. The van der Waals surface area contributed by atoms with Gasteiger partial charge in [0.05, 0.1) is 0 Å². The van der Waals surface area contributed by atoms with Crippen LogP contribution in [0.4, 0.5) is 0 Å². The Hall–Kier alpha value is -1.29. The molecule has 0 radical (unpaired) electrons. The van der Waals surface area contributed by atoms with Crippen molar-refractivity contribution in [2.75, 3.05) is 6.54 Å². The molecule has 0 aromatic carbocycles. The number of hydrogen-bond donors (Lipinski definition) is 1. The molecule has 1 fully saturated rings. The Balaban J connectivity index is 2.18. The Morgan fingerprint density at radius 1 is 1.42 bits per heavy atom. The van der Waals surface area contributed by atoms with E-state index in [1.54, 1.807) is 0 Å². The summed E-state index contributed by atoms with van der Waals surface area (Å²) in [5.41, 5.74) is 9.24. The number of furan rings is 1. The third kappa shape index (κ3) is 1.81. The smallest absolute Gasteiger partial charge is 0.176 e. The van der Waals surface area contributed by atoms with Crippen LogP contribution in [0.2, 0.25) is 0 Å². The second kappa shape index (κ2) is 4.37. The monoisotopic (exact) mass is 261 g/mol. The van der Waals surface area contributed by atoms with E-state index in [0.29, 0.717) is 12.5 Å². The minimum atomic E-state index is 0.0333. The fourth-order valence-electron chi connectivity index (χ4n) is 3.28. The number of fused-ring (bicyclic) bond motifs is 1. The summed E-state index contributed by atoms with van der Waals surface area (Å²) < 4.78 is 8.02. The predicted octanol–water partition coefficient (Wildman–Crippen LogP) is 3.06. The van der Waals surface area contributed by atoms with E-state index in [0.717, 1.165) is 35.4 Å². The van der Waals surface area contributed by atoms with Crippen molar-refractivity contribution >= 4 is 11.1 Å². The van der Waals surface area contributed by atoms with Crippen molar-refractivity contribution in [3.8, 4) is 0 Å². The van der Waals surface area contributed by atoms with Crippen LogP contribution in [0.5, 0.6) is 0 Å². The number of hydrogen-bond acceptors (Lipinski definition) is 3. The van der Waals surface area contributed by atoms with Gasteiger partial charge in [0, 0.05) is 31.0 Å². The van der Waals surface area contributed by atoms with Gasteiger partial charge in [0.15, 0.2) is 5.58 Å². The van der Waals surface area contributed by atoms with E-state index in [1.807, 2.05) is 11.7 Å². The van der Waals surface area contributed by atoms with E-state index in [2.05, 4.69) is 19.9 Å². The average molecular weight is 261 g/mol. The van der Waals surface area contributed by atoms with Gasteiger partial charge in [-0.1, -0.05) is 26.7 Å². The molecule has 0 saturated heterocycles. The number of rotatable bonds is 3. The molecule has 19 heavy (non-hydrogen) atoms. The van der Waals surface area contributed by atoms with Gasteiger partial charge in [0.1, 0.15) is 17.0 Å². The van der Waals surface area contributed by atoms with Gasteiger partial charge in [0.2, 0.25) is 0 Å². The van der Waals surface area contributed by atoms with Gasteiger partial charge in [-0.15, -0.1) is 0 Å². The fourth-order valence-corrected chi connectivity index (χ4v) is 3.28. The molecule has 0 unspecified atom stereocenters. The van der Waals surface area contributed by atoms with Crippen LogP contribution in [-0.2, 0) is 12.5 Å². The van der Waals surface area contributed by atoms with Crippen molar-refractivity contribution in [3.05, 3.63) is 17.5 Å². The molecule has 2 N–H and O–H groups in total. The lowest BCUT2D eigenvalue weighted by Gasteiger charge is -2.24. The summed E-state index contributed by atoms with van der Waals surface area (Å²) in [6, 6.07) is 2.12. The molecule has 0 bridgehead atoms. The van der Waals surface area contributed by atoms with Crippen molar-refractivity contribution < 1.29 is 4.42 Å². The van der Waals surface area contributed by atoms with Crippen LogP contribution < -0.4 is 5.73 Å². The van der Waals surface area contributed by atoms with Crippen LogP contribution in [0.25, 0.3) is 11.1 Å². The molecule has 3 rings (SSSR count). The fraction of sp³-hybridized carbons (Fsp3) is 0.667. The summed E-state index contributed by atoms with van der Waals surface area (Å²) in [5, 5.41) is 4.72. The zero-order valence-corrected chi connectivity index (χ0v) is 12.1. The van der Waals surface area contributed by atoms with Crippen molar-refractivity contribution in [2.24, 2.45) is 12.8 Å². The third-order valence-electron chi connectivity index (χ3n) is 4.57. The first-order valence-corrected chi connectivity index (χ1v) is 7.24. The molecule has 2 aromatic heterocycles. The van der Waals surface area contributed by atoms with E-state index in [4.69, 9.17) is 15.2 Å². The molecule has 0 amide bonds. The van der Waals surface area contributed by atoms with Crippen LogP contribution in [0.15, 0.2) is 10.5 Å². The lowest BCUT2D eigenvalue weighted by atomic mass is 9.82. The Kier molecular flexibility index (Phi) is 2.93. The maximum atomic E-state index is 6.08. The number of nitrogens with zero attached hydrogens (tertiary/aromatic N) is 2. The SMILES string of the molecule is CC(C)c1cc2c(o1)c(C1(CN)CCCC1)nn2C.